The van der Waals surface area contributed by atoms with E-state index in [1.165, 1.54) is 24.0 Å². The topological polar surface area (TPSA) is 56.8 Å². The third kappa shape index (κ3) is 4.77. The zero-order valence-electron chi connectivity index (χ0n) is 16.9. The number of rotatable bonds is 8. The van der Waals surface area contributed by atoms with Crippen molar-refractivity contribution in [2.75, 3.05) is 20.8 Å². The summed E-state index contributed by atoms with van der Waals surface area (Å²) in [6.07, 6.45) is 5.47. The highest BCUT2D eigenvalue weighted by molar-refractivity contribution is 5.78. The molecule has 0 aromatic heterocycles. The molecule has 0 aliphatic heterocycles. The fraction of sp³-hybridized carbons (Fsp3) is 0.435. The Bertz CT molecular complexity index is 818. The first-order chi connectivity index (χ1) is 13.6. The molecule has 1 aliphatic carbocycles. The molecule has 0 fully saturated rings. The fourth-order valence-electron chi connectivity index (χ4n) is 3.68. The van der Waals surface area contributed by atoms with Gasteiger partial charge in [0.25, 0.3) is 5.91 Å². The summed E-state index contributed by atoms with van der Waals surface area (Å²) in [5, 5.41) is 3.04. The molecule has 3 rings (SSSR count). The lowest BCUT2D eigenvalue weighted by Gasteiger charge is -2.20. The number of hydrogen-bond donors (Lipinski definition) is 1. The van der Waals surface area contributed by atoms with Crippen molar-refractivity contribution in [1.29, 1.82) is 0 Å². The van der Waals surface area contributed by atoms with E-state index in [-0.39, 0.29) is 18.6 Å². The summed E-state index contributed by atoms with van der Waals surface area (Å²) < 4.78 is 16.4. The van der Waals surface area contributed by atoms with Gasteiger partial charge in [-0.05, 0) is 73.1 Å². The van der Waals surface area contributed by atoms with E-state index in [1.807, 2.05) is 31.2 Å². The number of methoxy groups -OCH3 is 2. The van der Waals surface area contributed by atoms with Gasteiger partial charge in [-0.25, -0.2) is 0 Å². The first-order valence-corrected chi connectivity index (χ1v) is 9.90. The molecule has 0 unspecified atom stereocenters. The predicted molar refractivity (Wildman–Crippen MR) is 109 cm³/mol. The van der Waals surface area contributed by atoms with Crippen molar-refractivity contribution in [3.05, 3.63) is 53.1 Å². The molecule has 2 aromatic carbocycles. The van der Waals surface area contributed by atoms with Gasteiger partial charge in [-0.3, -0.25) is 4.79 Å². The van der Waals surface area contributed by atoms with Gasteiger partial charge in [-0.2, -0.15) is 0 Å². The number of ether oxygens (including phenoxy) is 3. The molecule has 0 heterocycles. The van der Waals surface area contributed by atoms with Crippen LogP contribution in [0.3, 0.4) is 0 Å². The monoisotopic (exact) mass is 383 g/mol. The maximum atomic E-state index is 12.4. The first kappa shape index (κ1) is 20.1. The molecule has 0 radical (unpaired) electrons. The normalized spacial score (nSPS) is 14.0. The SMILES string of the molecule is CC[C@@H](NC(=O)COc1ccc2c(c1)CCCC2)c1ccc(OC)c(OC)c1. The Morgan fingerprint density at radius 3 is 2.46 bits per heavy atom. The van der Waals surface area contributed by atoms with Crippen molar-refractivity contribution in [3.8, 4) is 17.2 Å². The third-order valence-electron chi connectivity index (χ3n) is 5.24. The summed E-state index contributed by atoms with van der Waals surface area (Å²) in [5.41, 5.74) is 3.73. The van der Waals surface area contributed by atoms with E-state index < -0.39 is 0 Å². The van der Waals surface area contributed by atoms with Crippen LogP contribution in [0.5, 0.6) is 17.2 Å². The summed E-state index contributed by atoms with van der Waals surface area (Å²) in [5.74, 6) is 1.94. The van der Waals surface area contributed by atoms with Crippen LogP contribution in [0.1, 0.15) is 48.9 Å². The quantitative estimate of drug-likeness (QED) is 0.741. The van der Waals surface area contributed by atoms with Crippen molar-refractivity contribution < 1.29 is 19.0 Å². The third-order valence-corrected chi connectivity index (χ3v) is 5.24. The molecule has 28 heavy (non-hydrogen) atoms. The molecule has 150 valence electrons. The van der Waals surface area contributed by atoms with Gasteiger partial charge < -0.3 is 19.5 Å². The summed E-state index contributed by atoms with van der Waals surface area (Å²) in [6, 6.07) is 11.8. The molecular formula is C23H29NO4. The molecule has 5 nitrogen and oxygen atoms in total. The molecule has 2 aromatic rings. The van der Waals surface area contributed by atoms with Crippen molar-refractivity contribution in [2.45, 2.75) is 45.1 Å². The first-order valence-electron chi connectivity index (χ1n) is 9.90. The Morgan fingerprint density at radius 1 is 1.00 bits per heavy atom. The maximum Gasteiger partial charge on any atom is 0.258 e. The molecule has 5 heteroatoms. The van der Waals surface area contributed by atoms with Crippen LogP contribution in [0.15, 0.2) is 36.4 Å². The van der Waals surface area contributed by atoms with Gasteiger partial charge in [-0.1, -0.05) is 19.1 Å². The highest BCUT2D eigenvalue weighted by atomic mass is 16.5. The highest BCUT2D eigenvalue weighted by Crippen LogP contribution is 2.31. The average molecular weight is 383 g/mol. The Balaban J connectivity index is 1.60. The van der Waals surface area contributed by atoms with Crippen LogP contribution >= 0.6 is 0 Å². The Hall–Kier alpha value is -2.69. The number of fused-ring (bicyclic) bond motifs is 1. The molecule has 0 saturated heterocycles. The molecule has 1 atom stereocenters. The summed E-state index contributed by atoms with van der Waals surface area (Å²) in [6.45, 7) is 2.04. The largest absolute Gasteiger partial charge is 0.493 e. The number of carbonyl (C=O) groups excluding carboxylic acids is 1. The number of benzene rings is 2. The van der Waals surface area contributed by atoms with Gasteiger partial charge in [0.2, 0.25) is 0 Å². The van der Waals surface area contributed by atoms with E-state index in [0.29, 0.717) is 11.5 Å². The second-order valence-electron chi connectivity index (χ2n) is 7.07. The number of hydrogen-bond acceptors (Lipinski definition) is 4. The van der Waals surface area contributed by atoms with Gasteiger partial charge in [0.15, 0.2) is 18.1 Å². The minimum absolute atomic E-state index is 0.00256. The molecule has 1 amide bonds. The minimum atomic E-state index is -0.139. The van der Waals surface area contributed by atoms with Crippen LogP contribution in [0.25, 0.3) is 0 Å². The van der Waals surface area contributed by atoms with Crippen LogP contribution in [0, 0.1) is 0 Å². The smallest absolute Gasteiger partial charge is 0.258 e. The maximum absolute atomic E-state index is 12.4. The van der Waals surface area contributed by atoms with Gasteiger partial charge in [-0.15, -0.1) is 0 Å². The second kappa shape index (κ2) is 9.49. The van der Waals surface area contributed by atoms with Gasteiger partial charge in [0, 0.05) is 0 Å². The minimum Gasteiger partial charge on any atom is -0.493 e. The van der Waals surface area contributed by atoms with Crippen molar-refractivity contribution in [1.82, 2.24) is 5.32 Å². The fourth-order valence-corrected chi connectivity index (χ4v) is 3.68. The molecule has 1 N–H and O–H groups in total. The summed E-state index contributed by atoms with van der Waals surface area (Å²) >= 11 is 0. The number of aryl methyl sites for hydroxylation is 2. The lowest BCUT2D eigenvalue weighted by molar-refractivity contribution is -0.123. The number of nitrogens with one attached hydrogen (secondary N) is 1. The van der Waals surface area contributed by atoms with Crippen LogP contribution in [0.2, 0.25) is 0 Å². The number of carbonyl (C=O) groups is 1. The molecular weight excluding hydrogens is 354 g/mol. The van der Waals surface area contributed by atoms with Gasteiger partial charge in [0.05, 0.1) is 20.3 Å². The second-order valence-corrected chi connectivity index (χ2v) is 7.07. The summed E-state index contributed by atoms with van der Waals surface area (Å²) in [7, 11) is 3.21. The van der Waals surface area contributed by atoms with Crippen LogP contribution in [-0.2, 0) is 17.6 Å². The van der Waals surface area contributed by atoms with E-state index in [9.17, 15) is 4.79 Å². The van der Waals surface area contributed by atoms with E-state index >= 15 is 0 Å². The average Bonchev–Trinajstić information content (AvgIpc) is 2.75. The molecule has 0 spiro atoms. The van der Waals surface area contributed by atoms with Crippen LogP contribution in [0.4, 0.5) is 0 Å². The van der Waals surface area contributed by atoms with Crippen molar-refractivity contribution in [2.24, 2.45) is 0 Å². The Morgan fingerprint density at radius 2 is 1.75 bits per heavy atom. The van der Waals surface area contributed by atoms with Gasteiger partial charge in [0.1, 0.15) is 5.75 Å². The number of amides is 1. The molecule has 0 bridgehead atoms. The molecule has 1 aliphatic rings. The van der Waals surface area contributed by atoms with E-state index in [4.69, 9.17) is 14.2 Å². The Kier molecular flexibility index (Phi) is 6.80. The summed E-state index contributed by atoms with van der Waals surface area (Å²) in [4.78, 5) is 12.4. The standard InChI is InChI=1S/C23H29NO4/c1-4-20(18-10-12-21(26-2)22(14-18)27-3)24-23(25)15-28-19-11-9-16-7-5-6-8-17(16)13-19/h9-14,20H,4-8,15H2,1-3H3,(H,24,25)/t20-/m1/s1. The van der Waals surface area contributed by atoms with E-state index in [2.05, 4.69) is 17.4 Å². The molecule has 0 saturated carbocycles. The van der Waals surface area contributed by atoms with Crippen molar-refractivity contribution >= 4 is 5.91 Å². The highest BCUT2D eigenvalue weighted by Gasteiger charge is 2.16. The zero-order chi connectivity index (χ0) is 19.9. The Labute approximate surface area is 167 Å². The van der Waals surface area contributed by atoms with Crippen LogP contribution < -0.4 is 19.5 Å². The van der Waals surface area contributed by atoms with E-state index in [1.54, 1.807) is 14.2 Å². The predicted octanol–water partition coefficient (Wildman–Crippen LogP) is 4.23. The lowest BCUT2D eigenvalue weighted by Crippen LogP contribution is -2.32. The van der Waals surface area contributed by atoms with Gasteiger partial charge >= 0.3 is 0 Å². The van der Waals surface area contributed by atoms with Crippen molar-refractivity contribution in [3.63, 3.8) is 0 Å². The lowest BCUT2D eigenvalue weighted by atomic mass is 9.92. The zero-order valence-corrected chi connectivity index (χ0v) is 16.9. The van der Waals surface area contributed by atoms with Crippen LogP contribution in [-0.4, -0.2) is 26.7 Å². The van der Waals surface area contributed by atoms with E-state index in [0.717, 1.165) is 30.6 Å².